The Morgan fingerprint density at radius 1 is 1.12 bits per heavy atom. The van der Waals surface area contributed by atoms with E-state index < -0.39 is 15.9 Å². The summed E-state index contributed by atoms with van der Waals surface area (Å²) >= 11 is 0. The minimum absolute atomic E-state index is 0.0204. The Morgan fingerprint density at radius 3 is 2.56 bits per heavy atom. The molecule has 0 aliphatic carbocycles. The largest absolute Gasteiger partial charge is 0.497 e. The van der Waals surface area contributed by atoms with E-state index in [0.717, 1.165) is 5.56 Å². The van der Waals surface area contributed by atoms with E-state index >= 15 is 0 Å². The standard InChI is InChI=1S/C23H27N3O5S/c1-31-21-8-6-20(7-9-21)26-16-19(14-22(26)27)23(28)24-11-13-32(29,30)25-12-10-17-4-2-3-5-18(17)15-25/h2-9,19H,10-16H2,1H3,(H,24,28)/t19-/m0/s1. The van der Waals surface area contributed by atoms with Gasteiger partial charge >= 0.3 is 0 Å². The smallest absolute Gasteiger partial charge is 0.227 e. The second kappa shape index (κ2) is 9.30. The second-order valence-corrected chi connectivity index (χ2v) is 10.2. The lowest BCUT2D eigenvalue weighted by molar-refractivity contribution is -0.126. The first kappa shape index (κ1) is 22.3. The van der Waals surface area contributed by atoms with E-state index in [-0.39, 0.29) is 37.1 Å². The first-order valence-corrected chi connectivity index (χ1v) is 12.2. The summed E-state index contributed by atoms with van der Waals surface area (Å²) in [4.78, 5) is 26.5. The lowest BCUT2D eigenvalue weighted by Gasteiger charge is -2.28. The fraction of sp³-hybridized carbons (Fsp3) is 0.391. The SMILES string of the molecule is COc1ccc(N2C[C@@H](C(=O)NCCS(=O)(=O)N3CCc4ccccc4C3)CC2=O)cc1. The summed E-state index contributed by atoms with van der Waals surface area (Å²) in [6.45, 7) is 1.10. The topological polar surface area (TPSA) is 96.0 Å². The number of nitrogens with one attached hydrogen (secondary N) is 1. The van der Waals surface area contributed by atoms with Crippen molar-refractivity contribution in [3.05, 3.63) is 59.7 Å². The van der Waals surface area contributed by atoms with Crippen molar-refractivity contribution in [2.45, 2.75) is 19.4 Å². The molecule has 32 heavy (non-hydrogen) atoms. The van der Waals surface area contributed by atoms with Crippen LogP contribution in [0, 0.1) is 5.92 Å². The maximum absolute atomic E-state index is 12.7. The summed E-state index contributed by atoms with van der Waals surface area (Å²) in [6, 6.07) is 14.9. The van der Waals surface area contributed by atoms with Gasteiger partial charge in [0.1, 0.15) is 5.75 Å². The van der Waals surface area contributed by atoms with E-state index in [4.69, 9.17) is 4.74 Å². The Bertz CT molecular complexity index is 1100. The van der Waals surface area contributed by atoms with Crippen molar-refractivity contribution < 1.29 is 22.7 Å². The Balaban J connectivity index is 1.29. The molecule has 0 unspecified atom stereocenters. The highest BCUT2D eigenvalue weighted by atomic mass is 32.2. The summed E-state index contributed by atoms with van der Waals surface area (Å²) in [5.41, 5.74) is 2.91. The first-order valence-electron chi connectivity index (χ1n) is 10.6. The molecular formula is C23H27N3O5S. The van der Waals surface area contributed by atoms with Crippen LogP contribution in [0.1, 0.15) is 17.5 Å². The van der Waals surface area contributed by atoms with Gasteiger partial charge in [-0.3, -0.25) is 9.59 Å². The van der Waals surface area contributed by atoms with Crippen molar-refractivity contribution in [2.24, 2.45) is 5.92 Å². The molecule has 2 aliphatic heterocycles. The molecule has 9 heteroatoms. The van der Waals surface area contributed by atoms with Crippen LogP contribution in [0.5, 0.6) is 5.75 Å². The molecule has 0 saturated carbocycles. The number of hydrogen-bond acceptors (Lipinski definition) is 5. The summed E-state index contributed by atoms with van der Waals surface area (Å²) in [5.74, 6) is -0.408. The van der Waals surface area contributed by atoms with Gasteiger partial charge in [-0.15, -0.1) is 0 Å². The molecule has 2 aliphatic rings. The van der Waals surface area contributed by atoms with Crippen molar-refractivity contribution in [1.82, 2.24) is 9.62 Å². The molecular weight excluding hydrogens is 430 g/mol. The third kappa shape index (κ3) is 4.78. The van der Waals surface area contributed by atoms with Gasteiger partial charge in [-0.05, 0) is 41.8 Å². The molecule has 1 atom stereocenters. The fourth-order valence-electron chi connectivity index (χ4n) is 4.18. The number of nitrogens with zero attached hydrogens (tertiary/aromatic N) is 2. The molecule has 2 aromatic carbocycles. The van der Waals surface area contributed by atoms with Crippen LogP contribution in [0.2, 0.25) is 0 Å². The molecule has 0 spiro atoms. The minimum Gasteiger partial charge on any atom is -0.497 e. The number of anilines is 1. The third-order valence-corrected chi connectivity index (χ3v) is 7.85. The lowest BCUT2D eigenvalue weighted by atomic mass is 10.0. The van der Waals surface area contributed by atoms with Gasteiger partial charge in [-0.2, -0.15) is 4.31 Å². The van der Waals surface area contributed by atoms with Gasteiger partial charge in [-0.25, -0.2) is 8.42 Å². The molecule has 4 rings (SSSR count). The molecule has 2 heterocycles. The molecule has 170 valence electrons. The zero-order valence-corrected chi connectivity index (χ0v) is 18.8. The van der Waals surface area contributed by atoms with Gasteiger partial charge in [0.2, 0.25) is 21.8 Å². The van der Waals surface area contributed by atoms with Crippen LogP contribution in [-0.2, 0) is 32.6 Å². The van der Waals surface area contributed by atoms with Crippen LogP contribution in [0.25, 0.3) is 0 Å². The van der Waals surface area contributed by atoms with Gasteiger partial charge in [0.25, 0.3) is 0 Å². The Hall–Kier alpha value is -2.91. The summed E-state index contributed by atoms with van der Waals surface area (Å²) in [5, 5.41) is 2.71. The van der Waals surface area contributed by atoms with E-state index in [2.05, 4.69) is 5.32 Å². The van der Waals surface area contributed by atoms with Crippen molar-refractivity contribution in [3.8, 4) is 5.75 Å². The zero-order chi connectivity index (χ0) is 22.7. The molecule has 2 aromatic rings. The number of amides is 2. The van der Waals surface area contributed by atoms with Crippen LogP contribution in [0.3, 0.4) is 0 Å². The van der Waals surface area contributed by atoms with Crippen LogP contribution in [-0.4, -0.2) is 57.0 Å². The van der Waals surface area contributed by atoms with E-state index in [1.165, 1.54) is 9.87 Å². The molecule has 1 saturated heterocycles. The van der Waals surface area contributed by atoms with Crippen molar-refractivity contribution in [3.63, 3.8) is 0 Å². The summed E-state index contributed by atoms with van der Waals surface area (Å²) < 4.78 is 32.1. The summed E-state index contributed by atoms with van der Waals surface area (Å²) in [6.07, 6.45) is 0.792. The van der Waals surface area contributed by atoms with Crippen LogP contribution in [0.15, 0.2) is 48.5 Å². The molecule has 0 bridgehead atoms. The number of sulfonamides is 1. The number of carbonyl (C=O) groups is 2. The van der Waals surface area contributed by atoms with Crippen molar-refractivity contribution in [2.75, 3.05) is 37.4 Å². The number of carbonyl (C=O) groups excluding carboxylic acids is 2. The van der Waals surface area contributed by atoms with Gasteiger partial charge in [0, 0.05) is 38.3 Å². The highest BCUT2D eigenvalue weighted by molar-refractivity contribution is 7.89. The highest BCUT2D eigenvalue weighted by Crippen LogP contribution is 2.27. The fourth-order valence-corrected chi connectivity index (χ4v) is 5.50. The van der Waals surface area contributed by atoms with Gasteiger partial charge in [-0.1, -0.05) is 24.3 Å². The second-order valence-electron chi connectivity index (χ2n) is 8.06. The molecule has 1 fully saturated rings. The number of methoxy groups -OCH3 is 1. The monoisotopic (exact) mass is 457 g/mol. The average molecular weight is 458 g/mol. The third-order valence-electron chi connectivity index (χ3n) is 6.03. The van der Waals surface area contributed by atoms with E-state index in [1.807, 2.05) is 24.3 Å². The van der Waals surface area contributed by atoms with Gasteiger partial charge in [0.05, 0.1) is 18.8 Å². The summed E-state index contributed by atoms with van der Waals surface area (Å²) in [7, 11) is -1.92. The quantitative estimate of drug-likeness (QED) is 0.681. The maximum Gasteiger partial charge on any atom is 0.227 e. The Kier molecular flexibility index (Phi) is 6.48. The predicted octanol–water partition coefficient (Wildman–Crippen LogP) is 1.55. The maximum atomic E-state index is 12.7. The number of ether oxygens (including phenoxy) is 1. The lowest BCUT2D eigenvalue weighted by Crippen LogP contribution is -2.41. The Labute approximate surface area is 188 Å². The predicted molar refractivity (Wildman–Crippen MR) is 121 cm³/mol. The highest BCUT2D eigenvalue weighted by Gasteiger charge is 2.35. The van der Waals surface area contributed by atoms with Crippen LogP contribution in [0.4, 0.5) is 5.69 Å². The number of fused-ring (bicyclic) bond motifs is 1. The normalized spacial score (nSPS) is 19.0. The van der Waals surface area contributed by atoms with Crippen LogP contribution >= 0.6 is 0 Å². The van der Waals surface area contributed by atoms with Crippen molar-refractivity contribution in [1.29, 1.82) is 0 Å². The molecule has 0 aromatic heterocycles. The average Bonchev–Trinajstić information content (AvgIpc) is 3.20. The molecule has 2 amide bonds. The number of hydrogen-bond donors (Lipinski definition) is 1. The van der Waals surface area contributed by atoms with E-state index in [9.17, 15) is 18.0 Å². The molecule has 8 nitrogen and oxygen atoms in total. The van der Waals surface area contributed by atoms with E-state index in [0.29, 0.717) is 30.9 Å². The van der Waals surface area contributed by atoms with Gasteiger partial charge in [0.15, 0.2) is 0 Å². The Morgan fingerprint density at radius 2 is 1.84 bits per heavy atom. The van der Waals surface area contributed by atoms with E-state index in [1.54, 1.807) is 36.3 Å². The number of benzene rings is 2. The number of rotatable bonds is 7. The van der Waals surface area contributed by atoms with Crippen molar-refractivity contribution >= 4 is 27.5 Å². The first-order chi connectivity index (χ1) is 15.4. The van der Waals surface area contributed by atoms with Crippen LogP contribution < -0.4 is 15.0 Å². The van der Waals surface area contributed by atoms with Gasteiger partial charge < -0.3 is 15.0 Å². The minimum atomic E-state index is -3.49. The zero-order valence-electron chi connectivity index (χ0n) is 18.0. The molecule has 1 N–H and O–H groups in total. The molecule has 0 radical (unpaired) electrons.